The Bertz CT molecular complexity index is 1170. The fourth-order valence-corrected chi connectivity index (χ4v) is 2.99. The van der Waals surface area contributed by atoms with Gasteiger partial charge in [-0.05, 0) is 42.0 Å². The maximum atomic E-state index is 12.2. The Morgan fingerprint density at radius 2 is 1.79 bits per heavy atom. The molecule has 4 rings (SSSR count). The molecule has 0 spiro atoms. The number of methoxy groups -OCH3 is 1. The Kier molecular flexibility index (Phi) is 4.95. The molecular weight excluding hydrogens is 378 g/mol. The minimum absolute atomic E-state index is 0.140. The van der Waals surface area contributed by atoms with Crippen molar-refractivity contribution < 1.29 is 9.26 Å². The molecule has 0 saturated heterocycles. The molecule has 28 heavy (non-hydrogen) atoms. The van der Waals surface area contributed by atoms with Gasteiger partial charge in [0.15, 0.2) is 0 Å². The number of halogens is 1. The topological polar surface area (TPSA) is 70.2 Å². The lowest BCUT2D eigenvalue weighted by Crippen LogP contribution is -2.19. The highest BCUT2D eigenvalue weighted by Crippen LogP contribution is 2.24. The summed E-state index contributed by atoms with van der Waals surface area (Å²) in [6.45, 7) is 0.353. The third-order valence-electron chi connectivity index (χ3n) is 4.30. The number of pyridine rings is 1. The van der Waals surface area contributed by atoms with Gasteiger partial charge in [0, 0.05) is 22.8 Å². The maximum Gasteiger partial charge on any atom is 0.259 e. The Morgan fingerprint density at radius 3 is 2.54 bits per heavy atom. The van der Waals surface area contributed by atoms with Gasteiger partial charge < -0.3 is 13.8 Å². The van der Waals surface area contributed by atoms with Crippen LogP contribution in [0.2, 0.25) is 5.02 Å². The largest absolute Gasteiger partial charge is 0.497 e. The van der Waals surface area contributed by atoms with Crippen molar-refractivity contribution in [3.63, 3.8) is 0 Å². The van der Waals surface area contributed by atoms with Crippen molar-refractivity contribution in [2.45, 2.75) is 6.54 Å². The zero-order chi connectivity index (χ0) is 19.5. The molecule has 0 aliphatic heterocycles. The zero-order valence-corrected chi connectivity index (χ0v) is 15.8. The molecule has 0 radical (unpaired) electrons. The molecule has 2 aromatic heterocycles. The molecular formula is C21H16ClN3O3. The molecule has 0 N–H and O–H groups in total. The van der Waals surface area contributed by atoms with Crippen LogP contribution >= 0.6 is 11.6 Å². The summed E-state index contributed by atoms with van der Waals surface area (Å²) in [6, 6.07) is 17.9. The van der Waals surface area contributed by atoms with Crippen LogP contribution in [0, 0.1) is 0 Å². The van der Waals surface area contributed by atoms with Gasteiger partial charge in [-0.25, -0.2) is 0 Å². The first kappa shape index (κ1) is 18.0. The highest BCUT2D eigenvalue weighted by atomic mass is 35.5. The van der Waals surface area contributed by atoms with Crippen LogP contribution in [0.3, 0.4) is 0 Å². The fraction of sp³-hybridized carbons (Fsp3) is 0.0952. The Labute approximate surface area is 166 Å². The second-order valence-electron chi connectivity index (χ2n) is 6.13. The molecule has 2 heterocycles. The van der Waals surface area contributed by atoms with E-state index in [1.54, 1.807) is 30.0 Å². The maximum absolute atomic E-state index is 12.2. The summed E-state index contributed by atoms with van der Waals surface area (Å²) in [5.74, 6) is 1.54. The molecule has 0 amide bonds. The summed E-state index contributed by atoms with van der Waals surface area (Å²) in [7, 11) is 1.61. The van der Waals surface area contributed by atoms with Crippen molar-refractivity contribution >= 4 is 11.6 Å². The van der Waals surface area contributed by atoms with E-state index >= 15 is 0 Å². The van der Waals surface area contributed by atoms with Crippen molar-refractivity contribution in [3.05, 3.63) is 87.8 Å². The van der Waals surface area contributed by atoms with Gasteiger partial charge in [-0.2, -0.15) is 4.98 Å². The molecule has 6 nitrogen and oxygen atoms in total. The van der Waals surface area contributed by atoms with Gasteiger partial charge in [0.05, 0.1) is 19.2 Å². The monoisotopic (exact) mass is 393 g/mol. The first-order valence-electron chi connectivity index (χ1n) is 8.56. The van der Waals surface area contributed by atoms with Crippen LogP contribution in [0.25, 0.3) is 22.8 Å². The third kappa shape index (κ3) is 3.68. The smallest absolute Gasteiger partial charge is 0.259 e. The molecule has 0 aliphatic carbocycles. The molecule has 0 unspecified atom stereocenters. The number of aromatic nitrogens is 3. The van der Waals surface area contributed by atoms with Crippen molar-refractivity contribution in [3.8, 4) is 28.6 Å². The summed E-state index contributed by atoms with van der Waals surface area (Å²) >= 11 is 6.21. The Morgan fingerprint density at radius 1 is 1.04 bits per heavy atom. The van der Waals surface area contributed by atoms with Gasteiger partial charge in [-0.15, -0.1) is 0 Å². The SMILES string of the molecule is COc1ccc(-c2noc(-c3ccc(=O)n(Cc4ccccc4Cl)c3)n2)cc1. The molecule has 0 bridgehead atoms. The average molecular weight is 394 g/mol. The molecule has 140 valence electrons. The highest BCUT2D eigenvalue weighted by Gasteiger charge is 2.12. The standard InChI is InChI=1S/C21H16ClN3O3/c1-27-17-9-6-14(7-10-17)20-23-21(28-24-20)16-8-11-19(26)25(13-16)12-15-4-2-3-5-18(15)22/h2-11,13H,12H2,1H3. The second kappa shape index (κ2) is 7.70. The number of hydrogen-bond donors (Lipinski definition) is 0. The van der Waals surface area contributed by atoms with Gasteiger partial charge in [-0.1, -0.05) is 35.0 Å². The van der Waals surface area contributed by atoms with Crippen molar-refractivity contribution in [2.24, 2.45) is 0 Å². The second-order valence-corrected chi connectivity index (χ2v) is 6.53. The molecule has 0 atom stereocenters. The normalized spacial score (nSPS) is 10.8. The lowest BCUT2D eigenvalue weighted by atomic mass is 10.2. The zero-order valence-electron chi connectivity index (χ0n) is 15.0. The number of benzene rings is 2. The van der Waals surface area contributed by atoms with E-state index in [0.717, 1.165) is 16.9 Å². The van der Waals surface area contributed by atoms with E-state index in [1.807, 2.05) is 42.5 Å². The third-order valence-corrected chi connectivity index (χ3v) is 4.67. The first-order chi connectivity index (χ1) is 13.6. The van der Waals surface area contributed by atoms with Crippen molar-refractivity contribution in [2.75, 3.05) is 7.11 Å². The van der Waals surface area contributed by atoms with Gasteiger partial charge >= 0.3 is 0 Å². The predicted octanol–water partition coefficient (Wildman–Crippen LogP) is 4.28. The number of ether oxygens (including phenoxy) is 1. The minimum Gasteiger partial charge on any atom is -0.497 e. The van der Waals surface area contributed by atoms with Gasteiger partial charge in [0.25, 0.3) is 11.4 Å². The van der Waals surface area contributed by atoms with Crippen LogP contribution in [0.4, 0.5) is 0 Å². The highest BCUT2D eigenvalue weighted by molar-refractivity contribution is 6.31. The Balaban J connectivity index is 1.64. The summed E-state index contributed by atoms with van der Waals surface area (Å²) in [6.07, 6.45) is 1.69. The van der Waals surface area contributed by atoms with Crippen LogP contribution in [0.5, 0.6) is 5.75 Å². The quantitative estimate of drug-likeness (QED) is 0.506. The van der Waals surface area contributed by atoms with Crippen molar-refractivity contribution in [1.29, 1.82) is 0 Å². The Hall–Kier alpha value is -3.38. The summed E-state index contributed by atoms with van der Waals surface area (Å²) in [4.78, 5) is 16.7. The molecule has 0 aliphatic rings. The van der Waals surface area contributed by atoms with Gasteiger partial charge in [0.1, 0.15) is 5.75 Å². The molecule has 2 aromatic carbocycles. The summed E-state index contributed by atoms with van der Waals surface area (Å²) < 4.78 is 12.1. The fourth-order valence-electron chi connectivity index (χ4n) is 2.79. The lowest BCUT2D eigenvalue weighted by Gasteiger charge is -2.08. The van der Waals surface area contributed by atoms with Crippen LogP contribution in [-0.2, 0) is 6.54 Å². The van der Waals surface area contributed by atoms with Crippen molar-refractivity contribution in [1.82, 2.24) is 14.7 Å². The van der Waals surface area contributed by atoms with Crippen LogP contribution in [-0.4, -0.2) is 21.8 Å². The predicted molar refractivity (Wildman–Crippen MR) is 107 cm³/mol. The van der Waals surface area contributed by atoms with E-state index in [1.165, 1.54) is 6.07 Å². The molecule has 0 saturated carbocycles. The summed E-state index contributed by atoms with van der Waals surface area (Å²) in [5, 5.41) is 4.64. The van der Waals surface area contributed by atoms with E-state index in [4.69, 9.17) is 20.9 Å². The molecule has 7 heteroatoms. The molecule has 0 fully saturated rings. The van der Waals surface area contributed by atoms with E-state index in [9.17, 15) is 4.79 Å². The van der Waals surface area contributed by atoms with E-state index < -0.39 is 0 Å². The van der Waals surface area contributed by atoms with Crippen LogP contribution in [0.15, 0.2) is 76.2 Å². The van der Waals surface area contributed by atoms with Gasteiger partial charge in [0.2, 0.25) is 5.82 Å². The van der Waals surface area contributed by atoms with Crippen LogP contribution in [0.1, 0.15) is 5.56 Å². The van der Waals surface area contributed by atoms with Crippen LogP contribution < -0.4 is 10.3 Å². The van der Waals surface area contributed by atoms with Gasteiger partial charge in [-0.3, -0.25) is 4.79 Å². The summed E-state index contributed by atoms with van der Waals surface area (Å²) in [5.41, 5.74) is 2.17. The molecule has 4 aromatic rings. The minimum atomic E-state index is -0.140. The lowest BCUT2D eigenvalue weighted by molar-refractivity contribution is 0.415. The number of hydrogen-bond acceptors (Lipinski definition) is 5. The number of nitrogens with zero attached hydrogens (tertiary/aromatic N) is 3. The number of rotatable bonds is 5. The van der Waals surface area contributed by atoms with E-state index in [2.05, 4.69) is 10.1 Å². The average Bonchev–Trinajstić information content (AvgIpc) is 3.21. The van der Waals surface area contributed by atoms with E-state index in [-0.39, 0.29) is 5.56 Å². The first-order valence-corrected chi connectivity index (χ1v) is 8.94. The van der Waals surface area contributed by atoms with E-state index in [0.29, 0.717) is 28.8 Å².